The summed E-state index contributed by atoms with van der Waals surface area (Å²) in [4.78, 5) is 0. The van der Waals surface area contributed by atoms with E-state index in [4.69, 9.17) is 0 Å². The molecule has 0 N–H and O–H groups in total. The fourth-order valence-electron chi connectivity index (χ4n) is 2.99. The highest BCUT2D eigenvalue weighted by atomic mass is 14.2. The average Bonchev–Trinajstić information content (AvgIpc) is 2.89. The molecule has 0 saturated carbocycles. The van der Waals surface area contributed by atoms with E-state index in [1.54, 1.807) is 0 Å². The van der Waals surface area contributed by atoms with Crippen LogP contribution in [0.3, 0.4) is 0 Å². The van der Waals surface area contributed by atoms with Crippen LogP contribution in [0.5, 0.6) is 0 Å². The Morgan fingerprint density at radius 1 is 0.636 bits per heavy atom. The van der Waals surface area contributed by atoms with Crippen molar-refractivity contribution >= 4 is 11.6 Å². The smallest absolute Gasteiger partial charge is 0.0322 e. The van der Waals surface area contributed by atoms with Crippen molar-refractivity contribution in [2.45, 2.75) is 6.92 Å². The lowest BCUT2D eigenvalue weighted by Gasteiger charge is -1.98. The summed E-state index contributed by atoms with van der Waals surface area (Å²) < 4.78 is 0. The van der Waals surface area contributed by atoms with Crippen LogP contribution in [-0.2, 0) is 0 Å². The molecule has 0 fully saturated rings. The zero-order valence-electron chi connectivity index (χ0n) is 12.5. The zero-order chi connectivity index (χ0) is 14.9. The van der Waals surface area contributed by atoms with Gasteiger partial charge < -0.3 is 0 Å². The number of hydrogen-bond acceptors (Lipinski definition) is 0. The van der Waals surface area contributed by atoms with Gasteiger partial charge in [0.1, 0.15) is 0 Å². The van der Waals surface area contributed by atoms with Crippen molar-refractivity contribution in [1.29, 1.82) is 0 Å². The first-order valence-electron chi connectivity index (χ1n) is 7.55. The Balaban J connectivity index is 1.91. The van der Waals surface area contributed by atoms with Gasteiger partial charge in [-0.15, -0.1) is 5.73 Å². The molecule has 0 atom stereocenters. The normalized spacial score (nSPS) is 11.6. The quantitative estimate of drug-likeness (QED) is 0.391. The lowest BCUT2D eigenvalue weighted by atomic mass is 10.0. The first-order valence-corrected chi connectivity index (χ1v) is 7.55. The van der Waals surface area contributed by atoms with Gasteiger partial charge in [0.15, 0.2) is 0 Å². The molecule has 0 spiro atoms. The summed E-state index contributed by atoms with van der Waals surface area (Å²) in [6.07, 6.45) is 2.08. The van der Waals surface area contributed by atoms with Crippen molar-refractivity contribution in [2.24, 2.45) is 0 Å². The molecule has 3 aromatic rings. The van der Waals surface area contributed by atoms with E-state index in [1.807, 2.05) is 0 Å². The van der Waals surface area contributed by atoms with Crippen LogP contribution >= 0.6 is 0 Å². The molecule has 0 nitrogen and oxygen atoms in total. The van der Waals surface area contributed by atoms with Gasteiger partial charge in [0.2, 0.25) is 0 Å². The van der Waals surface area contributed by atoms with E-state index >= 15 is 0 Å². The molecule has 0 aromatic heterocycles. The van der Waals surface area contributed by atoms with Gasteiger partial charge in [0, 0.05) is 5.57 Å². The minimum atomic E-state index is 1.18. The first kappa shape index (κ1) is 12.9. The van der Waals surface area contributed by atoms with Crippen molar-refractivity contribution in [3.8, 4) is 11.1 Å². The summed E-state index contributed by atoms with van der Waals surface area (Å²) in [5.74, 6) is 0. The topological polar surface area (TPSA) is 0 Å². The lowest BCUT2D eigenvalue weighted by molar-refractivity contribution is 1.46. The maximum atomic E-state index is 3.52. The third kappa shape index (κ3) is 2.11. The SMILES string of the molecule is Cc1ccc(C=C=C2c3ccccc3-c3ccccc32)cc1. The van der Waals surface area contributed by atoms with Gasteiger partial charge in [-0.2, -0.15) is 0 Å². The van der Waals surface area contributed by atoms with E-state index in [9.17, 15) is 0 Å². The number of aryl methyl sites for hydroxylation is 1. The van der Waals surface area contributed by atoms with Crippen LogP contribution in [0.1, 0.15) is 22.3 Å². The van der Waals surface area contributed by atoms with Gasteiger partial charge in [-0.3, -0.25) is 0 Å². The number of fused-ring (bicyclic) bond motifs is 3. The predicted molar refractivity (Wildman–Crippen MR) is 93.5 cm³/mol. The Hall–Kier alpha value is -2.82. The van der Waals surface area contributed by atoms with E-state index in [-0.39, 0.29) is 0 Å². The van der Waals surface area contributed by atoms with E-state index in [1.165, 1.54) is 39.0 Å². The fourth-order valence-corrected chi connectivity index (χ4v) is 2.99. The minimum absolute atomic E-state index is 1.18. The van der Waals surface area contributed by atoms with Crippen LogP contribution in [0.4, 0.5) is 0 Å². The highest BCUT2D eigenvalue weighted by Gasteiger charge is 2.21. The Kier molecular flexibility index (Phi) is 3.04. The number of benzene rings is 3. The van der Waals surface area contributed by atoms with E-state index in [0.29, 0.717) is 0 Å². The summed E-state index contributed by atoms with van der Waals surface area (Å²) in [6, 6.07) is 25.7. The standard InChI is InChI=1S/C22H16/c1-16-10-12-17(13-11-16)14-15-22-20-8-4-2-6-18(20)19-7-3-5-9-21(19)22/h2-14H,1H3. The largest absolute Gasteiger partial charge is 0.111 e. The molecular weight excluding hydrogens is 264 g/mol. The number of hydrogen-bond donors (Lipinski definition) is 0. The molecule has 1 aliphatic carbocycles. The van der Waals surface area contributed by atoms with Crippen LogP contribution in [0.25, 0.3) is 22.8 Å². The molecule has 0 bridgehead atoms. The molecule has 0 unspecified atom stereocenters. The second-order valence-electron chi connectivity index (χ2n) is 5.67. The van der Waals surface area contributed by atoms with Crippen LogP contribution in [-0.4, -0.2) is 0 Å². The maximum Gasteiger partial charge on any atom is 0.0322 e. The van der Waals surface area contributed by atoms with Gasteiger partial charge in [0.05, 0.1) is 0 Å². The van der Waals surface area contributed by atoms with Crippen molar-refractivity contribution < 1.29 is 0 Å². The van der Waals surface area contributed by atoms with Crippen LogP contribution in [0, 0.1) is 6.92 Å². The van der Waals surface area contributed by atoms with Crippen LogP contribution < -0.4 is 0 Å². The molecule has 0 amide bonds. The highest BCUT2D eigenvalue weighted by molar-refractivity contribution is 6.01. The summed E-state index contributed by atoms with van der Waals surface area (Å²) in [6.45, 7) is 2.11. The molecule has 0 saturated heterocycles. The maximum absolute atomic E-state index is 3.52. The third-order valence-corrected chi connectivity index (χ3v) is 4.14. The molecule has 1 aliphatic rings. The summed E-state index contributed by atoms with van der Waals surface area (Å²) in [7, 11) is 0. The van der Waals surface area contributed by atoms with Crippen molar-refractivity contribution in [2.75, 3.05) is 0 Å². The molecule has 104 valence electrons. The van der Waals surface area contributed by atoms with E-state index in [2.05, 4.69) is 91.5 Å². The second-order valence-corrected chi connectivity index (χ2v) is 5.67. The van der Waals surface area contributed by atoms with Crippen molar-refractivity contribution in [3.63, 3.8) is 0 Å². The monoisotopic (exact) mass is 280 g/mol. The average molecular weight is 280 g/mol. The predicted octanol–water partition coefficient (Wildman–Crippen LogP) is 5.72. The van der Waals surface area contributed by atoms with Gasteiger partial charge in [-0.1, -0.05) is 78.4 Å². The molecule has 22 heavy (non-hydrogen) atoms. The summed E-state index contributed by atoms with van der Waals surface area (Å²) >= 11 is 0. The third-order valence-electron chi connectivity index (χ3n) is 4.14. The van der Waals surface area contributed by atoms with Gasteiger partial charge in [-0.05, 0) is 40.8 Å². The van der Waals surface area contributed by atoms with E-state index < -0.39 is 0 Å². The minimum Gasteiger partial charge on any atom is -0.111 e. The van der Waals surface area contributed by atoms with Crippen molar-refractivity contribution in [1.82, 2.24) is 0 Å². The summed E-state index contributed by atoms with van der Waals surface area (Å²) in [5.41, 5.74) is 12.3. The van der Waals surface area contributed by atoms with Gasteiger partial charge in [-0.25, -0.2) is 0 Å². The molecule has 4 rings (SSSR count). The molecule has 0 aliphatic heterocycles. The molecule has 0 radical (unpaired) electrons. The molecule has 0 heterocycles. The van der Waals surface area contributed by atoms with E-state index in [0.717, 1.165) is 0 Å². The Morgan fingerprint density at radius 2 is 1.14 bits per heavy atom. The van der Waals surface area contributed by atoms with Gasteiger partial charge >= 0.3 is 0 Å². The Labute approximate surface area is 131 Å². The second kappa shape index (κ2) is 5.18. The van der Waals surface area contributed by atoms with Gasteiger partial charge in [0.25, 0.3) is 0 Å². The molecule has 3 aromatic carbocycles. The van der Waals surface area contributed by atoms with Crippen LogP contribution in [0.15, 0.2) is 78.5 Å². The zero-order valence-corrected chi connectivity index (χ0v) is 12.5. The molecule has 0 heteroatoms. The first-order chi connectivity index (χ1) is 10.8. The van der Waals surface area contributed by atoms with Crippen LogP contribution in [0.2, 0.25) is 0 Å². The molecular formula is C22H16. The Morgan fingerprint density at radius 3 is 1.68 bits per heavy atom. The number of rotatable bonds is 1. The summed E-state index contributed by atoms with van der Waals surface area (Å²) in [5, 5.41) is 0. The highest BCUT2D eigenvalue weighted by Crippen LogP contribution is 2.43. The Bertz CT molecular complexity index is 857. The fraction of sp³-hybridized carbons (Fsp3) is 0.0455. The lowest BCUT2D eigenvalue weighted by Crippen LogP contribution is -1.78. The van der Waals surface area contributed by atoms with Crippen molar-refractivity contribution in [3.05, 3.63) is 101 Å².